The molecule has 0 saturated carbocycles. The van der Waals surface area contributed by atoms with Gasteiger partial charge < -0.3 is 15.1 Å². The number of nitrogens with one attached hydrogen (secondary N) is 1. The molecule has 0 heterocycles. The van der Waals surface area contributed by atoms with Crippen molar-refractivity contribution in [2.75, 3.05) is 40.8 Å². The van der Waals surface area contributed by atoms with Crippen molar-refractivity contribution in [1.29, 1.82) is 0 Å². The largest absolute Gasteiger partial charge is 0.355 e. The predicted octanol–water partition coefficient (Wildman–Crippen LogP) is 2.59. The quantitative estimate of drug-likeness (QED) is 0.329. The van der Waals surface area contributed by atoms with Gasteiger partial charge in [0.15, 0.2) is 5.96 Å². The highest BCUT2D eigenvalue weighted by Crippen LogP contribution is 2.01. The third kappa shape index (κ3) is 7.27. The molecule has 0 spiro atoms. The van der Waals surface area contributed by atoms with Gasteiger partial charge >= 0.3 is 0 Å². The molecule has 0 aliphatic heterocycles. The summed E-state index contributed by atoms with van der Waals surface area (Å²) >= 11 is 0. The number of guanidine groups is 1. The van der Waals surface area contributed by atoms with Gasteiger partial charge in [0.25, 0.3) is 0 Å². The number of likely N-dealkylation sites (N-methyl/N-ethyl adjacent to an activating group) is 1. The van der Waals surface area contributed by atoms with Crippen LogP contribution in [0.4, 0.5) is 0 Å². The van der Waals surface area contributed by atoms with Gasteiger partial charge in [0.05, 0.1) is 0 Å². The van der Waals surface area contributed by atoms with E-state index in [9.17, 15) is 0 Å². The molecule has 122 valence electrons. The standard InChI is InChI=1S/C18H30N4/c1-5-6-10-14-22(4)18(19-2)20-13-15-21(3)16-17-11-8-7-9-12-17/h5,7-9,11-12H,1,6,10,13-16H2,2-4H3,(H,19,20). The Morgan fingerprint density at radius 3 is 2.59 bits per heavy atom. The summed E-state index contributed by atoms with van der Waals surface area (Å²) in [6, 6.07) is 10.5. The van der Waals surface area contributed by atoms with Gasteiger partial charge in [-0.05, 0) is 25.5 Å². The van der Waals surface area contributed by atoms with Crippen molar-refractivity contribution in [2.24, 2.45) is 4.99 Å². The maximum Gasteiger partial charge on any atom is 0.193 e. The molecule has 4 nitrogen and oxygen atoms in total. The average Bonchev–Trinajstić information content (AvgIpc) is 2.52. The molecule has 1 aromatic carbocycles. The Bertz CT molecular complexity index is 442. The summed E-state index contributed by atoms with van der Waals surface area (Å²) < 4.78 is 0. The van der Waals surface area contributed by atoms with Gasteiger partial charge in [-0.2, -0.15) is 0 Å². The number of rotatable bonds is 9. The molecule has 0 aliphatic rings. The third-order valence-electron chi connectivity index (χ3n) is 3.55. The topological polar surface area (TPSA) is 30.9 Å². The van der Waals surface area contributed by atoms with Gasteiger partial charge in [0.2, 0.25) is 0 Å². The van der Waals surface area contributed by atoms with Crippen LogP contribution in [0.25, 0.3) is 0 Å². The lowest BCUT2D eigenvalue weighted by atomic mass is 10.2. The molecule has 0 fully saturated rings. The van der Waals surface area contributed by atoms with E-state index in [4.69, 9.17) is 0 Å². The van der Waals surface area contributed by atoms with E-state index in [-0.39, 0.29) is 0 Å². The van der Waals surface area contributed by atoms with Gasteiger partial charge in [-0.15, -0.1) is 6.58 Å². The van der Waals surface area contributed by atoms with Crippen molar-refractivity contribution >= 4 is 5.96 Å². The summed E-state index contributed by atoms with van der Waals surface area (Å²) in [4.78, 5) is 8.81. The molecule has 22 heavy (non-hydrogen) atoms. The van der Waals surface area contributed by atoms with Crippen LogP contribution in [0.1, 0.15) is 18.4 Å². The highest BCUT2D eigenvalue weighted by atomic mass is 15.3. The van der Waals surface area contributed by atoms with E-state index < -0.39 is 0 Å². The van der Waals surface area contributed by atoms with Gasteiger partial charge in [0, 0.05) is 40.3 Å². The van der Waals surface area contributed by atoms with Crippen LogP contribution in [0.5, 0.6) is 0 Å². The van der Waals surface area contributed by atoms with E-state index in [1.54, 1.807) is 0 Å². The molecule has 0 radical (unpaired) electrons. The molecule has 0 aliphatic carbocycles. The summed E-state index contributed by atoms with van der Waals surface area (Å²) in [6.45, 7) is 7.59. The van der Waals surface area contributed by atoms with Gasteiger partial charge in [-0.1, -0.05) is 36.4 Å². The first-order valence-corrected chi connectivity index (χ1v) is 7.92. The zero-order chi connectivity index (χ0) is 16.2. The molecule has 0 aromatic heterocycles. The van der Waals surface area contributed by atoms with Crippen LogP contribution < -0.4 is 5.32 Å². The average molecular weight is 302 g/mol. The second kappa shape index (κ2) is 10.9. The van der Waals surface area contributed by atoms with E-state index >= 15 is 0 Å². The van der Waals surface area contributed by atoms with Crippen LogP contribution in [0, 0.1) is 0 Å². The maximum atomic E-state index is 4.33. The lowest BCUT2D eigenvalue weighted by Gasteiger charge is -2.23. The van der Waals surface area contributed by atoms with Gasteiger partial charge in [-0.3, -0.25) is 4.99 Å². The van der Waals surface area contributed by atoms with Crippen LogP contribution >= 0.6 is 0 Å². The third-order valence-corrected chi connectivity index (χ3v) is 3.55. The number of hydrogen-bond acceptors (Lipinski definition) is 2. The first-order chi connectivity index (χ1) is 10.7. The number of benzene rings is 1. The molecule has 1 aromatic rings. The highest BCUT2D eigenvalue weighted by molar-refractivity contribution is 5.79. The van der Waals surface area contributed by atoms with Crippen LogP contribution in [0.2, 0.25) is 0 Å². The fourth-order valence-electron chi connectivity index (χ4n) is 2.30. The minimum absolute atomic E-state index is 0.891. The van der Waals surface area contributed by atoms with Gasteiger partial charge in [0.1, 0.15) is 0 Å². The van der Waals surface area contributed by atoms with Crippen molar-refractivity contribution < 1.29 is 0 Å². The number of aliphatic imine (C=N–C) groups is 1. The van der Waals surface area contributed by atoms with Crippen molar-refractivity contribution in [2.45, 2.75) is 19.4 Å². The fraction of sp³-hybridized carbons (Fsp3) is 0.500. The highest BCUT2D eigenvalue weighted by Gasteiger charge is 2.05. The number of nitrogens with zero attached hydrogens (tertiary/aromatic N) is 3. The van der Waals surface area contributed by atoms with Crippen molar-refractivity contribution in [3.05, 3.63) is 48.6 Å². The lowest BCUT2D eigenvalue weighted by Crippen LogP contribution is -2.42. The summed E-state index contributed by atoms with van der Waals surface area (Å²) in [5.74, 6) is 0.956. The summed E-state index contributed by atoms with van der Waals surface area (Å²) in [5.41, 5.74) is 1.34. The second-order valence-corrected chi connectivity index (χ2v) is 5.55. The minimum atomic E-state index is 0.891. The Labute approximate surface area is 135 Å². The summed E-state index contributed by atoms with van der Waals surface area (Å²) in [7, 11) is 6.05. The molecule has 1 rings (SSSR count). The normalized spacial score (nSPS) is 11.5. The number of allylic oxidation sites excluding steroid dienone is 1. The SMILES string of the molecule is C=CCCCN(C)C(=NC)NCCN(C)Cc1ccccc1. The zero-order valence-corrected chi connectivity index (χ0v) is 14.3. The maximum absolute atomic E-state index is 4.33. The molecule has 1 N–H and O–H groups in total. The Morgan fingerprint density at radius 2 is 1.95 bits per heavy atom. The van der Waals surface area contributed by atoms with Gasteiger partial charge in [-0.25, -0.2) is 0 Å². The Kier molecular flexibility index (Phi) is 9.00. The molecular formula is C18H30N4. The number of hydrogen-bond donors (Lipinski definition) is 1. The molecule has 0 unspecified atom stereocenters. The van der Waals surface area contributed by atoms with Crippen LogP contribution in [0.3, 0.4) is 0 Å². The smallest absolute Gasteiger partial charge is 0.193 e. The molecule has 4 heteroatoms. The second-order valence-electron chi connectivity index (χ2n) is 5.55. The van der Waals surface area contributed by atoms with Crippen molar-refractivity contribution in [3.8, 4) is 0 Å². The molecule has 0 amide bonds. The summed E-state index contributed by atoms with van der Waals surface area (Å²) in [6.07, 6.45) is 4.11. The number of unbranched alkanes of at least 4 members (excludes halogenated alkanes) is 1. The minimum Gasteiger partial charge on any atom is -0.355 e. The zero-order valence-electron chi connectivity index (χ0n) is 14.3. The van der Waals surface area contributed by atoms with E-state index in [1.807, 2.05) is 13.1 Å². The Hall–Kier alpha value is -1.81. The Balaban J connectivity index is 2.27. The predicted molar refractivity (Wildman–Crippen MR) is 96.2 cm³/mol. The van der Waals surface area contributed by atoms with E-state index in [0.29, 0.717) is 0 Å². The van der Waals surface area contributed by atoms with E-state index in [2.05, 4.69) is 71.1 Å². The molecule has 0 saturated heterocycles. The molecule has 0 atom stereocenters. The van der Waals surface area contributed by atoms with Crippen molar-refractivity contribution in [1.82, 2.24) is 15.1 Å². The van der Waals surface area contributed by atoms with Crippen molar-refractivity contribution in [3.63, 3.8) is 0 Å². The first-order valence-electron chi connectivity index (χ1n) is 7.92. The van der Waals surface area contributed by atoms with Crippen LogP contribution in [-0.2, 0) is 6.54 Å². The van der Waals surface area contributed by atoms with Crippen LogP contribution in [-0.4, -0.2) is 56.5 Å². The monoisotopic (exact) mass is 302 g/mol. The summed E-state index contributed by atoms with van der Waals surface area (Å²) in [5, 5.41) is 3.42. The lowest BCUT2D eigenvalue weighted by molar-refractivity contribution is 0.329. The Morgan fingerprint density at radius 1 is 1.23 bits per heavy atom. The molecule has 0 bridgehead atoms. The molecular weight excluding hydrogens is 272 g/mol. The van der Waals surface area contributed by atoms with E-state index in [1.165, 1.54) is 5.56 Å². The van der Waals surface area contributed by atoms with Crippen LogP contribution in [0.15, 0.2) is 48.0 Å². The van der Waals surface area contributed by atoms with E-state index in [0.717, 1.165) is 45.0 Å². The fourth-order valence-corrected chi connectivity index (χ4v) is 2.30. The first kappa shape index (κ1) is 18.2.